The molecule has 0 saturated heterocycles. The van der Waals surface area contributed by atoms with Crippen LogP contribution in [0.15, 0.2) is 58.3 Å². The predicted molar refractivity (Wildman–Crippen MR) is 101 cm³/mol. The highest BCUT2D eigenvalue weighted by Crippen LogP contribution is 2.36. The zero-order chi connectivity index (χ0) is 22.7. The van der Waals surface area contributed by atoms with E-state index in [1.807, 2.05) is 0 Å². The van der Waals surface area contributed by atoms with Gasteiger partial charge in [-0.25, -0.2) is 22.0 Å². The largest absolute Gasteiger partial charge is 0.501 e. The van der Waals surface area contributed by atoms with Crippen LogP contribution in [0.5, 0.6) is 0 Å². The third-order valence-electron chi connectivity index (χ3n) is 3.98. The molecule has 164 valence electrons. The van der Waals surface area contributed by atoms with Crippen molar-refractivity contribution < 1.29 is 39.9 Å². The number of carboxylic acid groups (broad SMARTS) is 1. The van der Waals surface area contributed by atoms with Gasteiger partial charge >= 0.3 is 11.5 Å². The summed E-state index contributed by atoms with van der Waals surface area (Å²) in [5.74, 6) is -1.27. The van der Waals surface area contributed by atoms with Crippen molar-refractivity contribution in [2.45, 2.75) is 34.2 Å². The maximum absolute atomic E-state index is 13.1. The Morgan fingerprint density at radius 1 is 1.07 bits per heavy atom. The van der Waals surface area contributed by atoms with Crippen LogP contribution < -0.4 is 10.5 Å². The first-order valence-electron chi connectivity index (χ1n) is 8.22. The standard InChI is InChI=1S/C17H17F3N2O6S2/c18-17(19,20)29(25,26)15-10-13(30(21,27)28)6-7-14(15)22-12(9-16(23)24)8-11-4-2-1-3-5-11/h1-7,10,12,22H,8-9H2,(H,23,24)(H2,21,27,28). The Balaban J connectivity index is 2.56. The Hall–Kier alpha value is -2.64. The van der Waals surface area contributed by atoms with Crippen molar-refractivity contribution in [3.63, 3.8) is 0 Å². The zero-order valence-corrected chi connectivity index (χ0v) is 16.8. The number of halogens is 3. The Morgan fingerprint density at radius 3 is 2.17 bits per heavy atom. The summed E-state index contributed by atoms with van der Waals surface area (Å²) in [6.07, 6.45) is -0.493. The molecular weight excluding hydrogens is 449 g/mol. The van der Waals surface area contributed by atoms with Crippen LogP contribution in [0, 0.1) is 0 Å². The van der Waals surface area contributed by atoms with Gasteiger partial charge in [0.1, 0.15) is 4.90 Å². The minimum atomic E-state index is -5.97. The molecule has 0 heterocycles. The smallest absolute Gasteiger partial charge is 0.481 e. The summed E-state index contributed by atoms with van der Waals surface area (Å²) in [7, 11) is -10.5. The summed E-state index contributed by atoms with van der Waals surface area (Å²) < 4.78 is 86.4. The van der Waals surface area contributed by atoms with Crippen LogP contribution >= 0.6 is 0 Å². The quantitative estimate of drug-likeness (QED) is 0.541. The zero-order valence-electron chi connectivity index (χ0n) is 15.1. The second-order valence-corrected chi connectivity index (χ2v) is 9.75. The fourth-order valence-corrected chi connectivity index (χ4v) is 4.21. The van der Waals surface area contributed by atoms with E-state index in [9.17, 15) is 34.8 Å². The van der Waals surface area contributed by atoms with Gasteiger partial charge in [0.15, 0.2) is 0 Å². The molecule has 0 saturated carbocycles. The molecule has 0 amide bonds. The first kappa shape index (κ1) is 23.6. The summed E-state index contributed by atoms with van der Waals surface area (Å²) in [4.78, 5) is 8.97. The van der Waals surface area contributed by atoms with Gasteiger partial charge in [0.2, 0.25) is 10.0 Å². The Labute approximate surface area is 170 Å². The van der Waals surface area contributed by atoms with Crippen LogP contribution in [0.25, 0.3) is 0 Å². The Kier molecular flexibility index (Phi) is 6.79. The molecule has 13 heteroatoms. The molecule has 0 aliphatic heterocycles. The van der Waals surface area contributed by atoms with E-state index in [1.165, 1.54) is 0 Å². The predicted octanol–water partition coefficient (Wildman–Crippen LogP) is 2.13. The maximum atomic E-state index is 13.1. The molecule has 0 aromatic heterocycles. The molecule has 0 bridgehead atoms. The third-order valence-corrected chi connectivity index (χ3v) is 6.42. The number of hydrogen-bond donors (Lipinski definition) is 3. The van der Waals surface area contributed by atoms with Gasteiger partial charge in [0, 0.05) is 6.04 Å². The van der Waals surface area contributed by atoms with E-state index in [0.717, 1.165) is 12.1 Å². The summed E-state index contributed by atoms with van der Waals surface area (Å²) in [6.45, 7) is 0. The minimum absolute atomic E-state index is 0.0512. The van der Waals surface area contributed by atoms with Crippen molar-refractivity contribution in [1.29, 1.82) is 0 Å². The van der Waals surface area contributed by atoms with Gasteiger partial charge in [-0.15, -0.1) is 0 Å². The van der Waals surface area contributed by atoms with Crippen LogP contribution in [0.4, 0.5) is 18.9 Å². The van der Waals surface area contributed by atoms with E-state index in [0.29, 0.717) is 11.6 Å². The van der Waals surface area contributed by atoms with Gasteiger partial charge in [0.05, 0.1) is 17.0 Å². The normalized spacial score (nSPS) is 13.6. The lowest BCUT2D eigenvalue weighted by molar-refractivity contribution is -0.137. The van der Waals surface area contributed by atoms with Crippen LogP contribution in [-0.2, 0) is 31.1 Å². The van der Waals surface area contributed by atoms with Crippen molar-refractivity contribution in [3.05, 3.63) is 54.1 Å². The van der Waals surface area contributed by atoms with Crippen molar-refractivity contribution in [2.24, 2.45) is 5.14 Å². The molecule has 2 aromatic rings. The van der Waals surface area contributed by atoms with E-state index in [1.54, 1.807) is 30.3 Å². The molecule has 0 aliphatic carbocycles. The topological polar surface area (TPSA) is 144 Å². The van der Waals surface area contributed by atoms with E-state index < -0.39 is 59.3 Å². The number of benzene rings is 2. The first-order chi connectivity index (χ1) is 13.7. The van der Waals surface area contributed by atoms with Gasteiger partial charge in [-0.1, -0.05) is 30.3 Å². The Bertz CT molecular complexity index is 1130. The number of carboxylic acids is 1. The lowest BCUT2D eigenvalue weighted by Gasteiger charge is -2.21. The monoisotopic (exact) mass is 466 g/mol. The highest BCUT2D eigenvalue weighted by Gasteiger charge is 2.48. The number of rotatable bonds is 8. The lowest BCUT2D eigenvalue weighted by atomic mass is 10.0. The second-order valence-electron chi connectivity index (χ2n) is 6.28. The fraction of sp³-hybridized carbons (Fsp3) is 0.235. The summed E-state index contributed by atoms with van der Waals surface area (Å²) in [5.41, 5.74) is -5.66. The van der Waals surface area contributed by atoms with E-state index >= 15 is 0 Å². The number of sulfone groups is 1. The van der Waals surface area contributed by atoms with E-state index in [4.69, 9.17) is 10.2 Å². The molecule has 2 aromatic carbocycles. The van der Waals surface area contributed by atoms with Gasteiger partial charge < -0.3 is 10.4 Å². The maximum Gasteiger partial charge on any atom is 0.501 e. The average molecular weight is 466 g/mol. The molecule has 1 unspecified atom stereocenters. The summed E-state index contributed by atoms with van der Waals surface area (Å²) in [5, 5.41) is 16.5. The van der Waals surface area contributed by atoms with Crippen molar-refractivity contribution in [3.8, 4) is 0 Å². The number of aliphatic carboxylic acids is 1. The number of sulfonamides is 1. The summed E-state index contributed by atoms with van der Waals surface area (Å²) in [6, 6.07) is 9.31. The summed E-state index contributed by atoms with van der Waals surface area (Å²) >= 11 is 0. The number of alkyl halides is 3. The fourth-order valence-electron chi connectivity index (χ4n) is 2.65. The van der Waals surface area contributed by atoms with Gasteiger partial charge in [0.25, 0.3) is 9.84 Å². The van der Waals surface area contributed by atoms with Crippen molar-refractivity contribution in [2.75, 3.05) is 5.32 Å². The lowest BCUT2D eigenvalue weighted by Crippen LogP contribution is -2.29. The first-order valence-corrected chi connectivity index (χ1v) is 11.2. The number of hydrogen-bond acceptors (Lipinski definition) is 6. The van der Waals surface area contributed by atoms with Gasteiger partial charge in [-0.2, -0.15) is 13.2 Å². The van der Waals surface area contributed by atoms with Gasteiger partial charge in [-0.05, 0) is 30.2 Å². The third kappa shape index (κ3) is 5.70. The highest BCUT2D eigenvalue weighted by atomic mass is 32.2. The molecule has 8 nitrogen and oxygen atoms in total. The number of nitrogens with one attached hydrogen (secondary N) is 1. The second kappa shape index (κ2) is 8.62. The van der Waals surface area contributed by atoms with E-state index in [-0.39, 0.29) is 6.42 Å². The molecule has 0 spiro atoms. The van der Waals surface area contributed by atoms with Gasteiger partial charge in [-0.3, -0.25) is 4.79 Å². The molecule has 30 heavy (non-hydrogen) atoms. The number of anilines is 1. The molecule has 4 N–H and O–H groups in total. The number of nitrogens with two attached hydrogens (primary N) is 1. The minimum Gasteiger partial charge on any atom is -0.481 e. The number of carbonyl (C=O) groups is 1. The molecule has 0 aliphatic rings. The molecule has 2 rings (SSSR count). The number of primary sulfonamides is 1. The SMILES string of the molecule is NS(=O)(=O)c1ccc(NC(CC(=O)O)Cc2ccccc2)c(S(=O)(=O)C(F)(F)F)c1. The van der Waals surface area contributed by atoms with Crippen molar-refractivity contribution >= 4 is 31.5 Å². The highest BCUT2D eigenvalue weighted by molar-refractivity contribution is 7.92. The van der Waals surface area contributed by atoms with E-state index in [2.05, 4.69) is 5.32 Å². The molecule has 1 atom stereocenters. The molecule has 0 fully saturated rings. The van der Waals surface area contributed by atoms with Crippen LogP contribution in [0.3, 0.4) is 0 Å². The van der Waals surface area contributed by atoms with Crippen LogP contribution in [-0.4, -0.2) is 39.5 Å². The Morgan fingerprint density at radius 2 is 1.67 bits per heavy atom. The molecule has 0 radical (unpaired) electrons. The van der Waals surface area contributed by atoms with Crippen LogP contribution in [0.1, 0.15) is 12.0 Å². The van der Waals surface area contributed by atoms with Crippen LogP contribution in [0.2, 0.25) is 0 Å². The average Bonchev–Trinajstić information content (AvgIpc) is 2.60. The van der Waals surface area contributed by atoms with Crippen molar-refractivity contribution in [1.82, 2.24) is 0 Å². The molecular formula is C17H17F3N2O6S2.